The van der Waals surface area contributed by atoms with E-state index in [0.717, 1.165) is 16.6 Å². The van der Waals surface area contributed by atoms with Gasteiger partial charge in [-0.3, -0.25) is 4.79 Å². The predicted molar refractivity (Wildman–Crippen MR) is 93.7 cm³/mol. The summed E-state index contributed by atoms with van der Waals surface area (Å²) in [6.45, 7) is 7.67. The van der Waals surface area contributed by atoms with Gasteiger partial charge in [0.15, 0.2) is 0 Å². The number of hydrogen-bond donors (Lipinski definition) is 4. The van der Waals surface area contributed by atoms with Crippen molar-refractivity contribution in [2.75, 3.05) is 6.54 Å². The number of rotatable bonds is 6. The average molecular weight is 331 g/mol. The van der Waals surface area contributed by atoms with Crippen LogP contribution in [0.15, 0.2) is 18.2 Å². The largest absolute Gasteiger partial charge is 0.352 e. The van der Waals surface area contributed by atoms with Gasteiger partial charge >= 0.3 is 6.03 Å². The monoisotopic (exact) mass is 331 g/mol. The highest BCUT2D eigenvalue weighted by Crippen LogP contribution is 2.19. The van der Waals surface area contributed by atoms with E-state index in [2.05, 4.69) is 25.9 Å². The molecule has 0 saturated carbocycles. The molecule has 0 spiro atoms. The third-order valence-electron chi connectivity index (χ3n) is 3.56. The fourth-order valence-electron chi connectivity index (χ4n) is 2.41. The smallest absolute Gasteiger partial charge is 0.315 e. The van der Waals surface area contributed by atoms with E-state index in [9.17, 15) is 9.59 Å². The second-order valence-electron chi connectivity index (χ2n) is 6.15. The minimum Gasteiger partial charge on any atom is -0.352 e. The predicted octanol–water partition coefficient (Wildman–Crippen LogP) is 2.15. The maximum atomic E-state index is 12.0. The summed E-state index contributed by atoms with van der Waals surface area (Å²) < 4.78 is 0. The van der Waals surface area contributed by atoms with Crippen LogP contribution >= 0.6 is 0 Å². The van der Waals surface area contributed by atoms with E-state index in [1.165, 1.54) is 0 Å². The van der Waals surface area contributed by atoms with Crippen molar-refractivity contribution in [2.45, 2.75) is 46.2 Å². The lowest BCUT2D eigenvalue weighted by molar-refractivity contribution is -0.120. The molecule has 130 valence electrons. The van der Waals surface area contributed by atoms with E-state index in [1.807, 2.05) is 45.9 Å². The molecular weight excluding hydrogens is 306 g/mol. The molecule has 3 amide bonds. The quantitative estimate of drug-likeness (QED) is 0.652. The number of benzene rings is 1. The molecule has 1 unspecified atom stereocenters. The number of aromatic nitrogens is 2. The zero-order valence-electron chi connectivity index (χ0n) is 14.6. The Balaban J connectivity index is 1.97. The number of nitrogens with one attached hydrogen (secondary N) is 4. The first-order chi connectivity index (χ1) is 11.4. The van der Waals surface area contributed by atoms with Gasteiger partial charge in [-0.15, -0.1) is 0 Å². The van der Waals surface area contributed by atoms with Crippen molar-refractivity contribution < 1.29 is 9.59 Å². The minimum absolute atomic E-state index is 0.0461. The van der Waals surface area contributed by atoms with Gasteiger partial charge in [-0.2, -0.15) is 0 Å². The second kappa shape index (κ2) is 7.81. The first-order valence-electron chi connectivity index (χ1n) is 8.19. The molecule has 4 N–H and O–H groups in total. The molecule has 0 saturated heterocycles. The molecule has 7 nitrogen and oxygen atoms in total. The van der Waals surface area contributed by atoms with Gasteiger partial charge in [0.1, 0.15) is 5.82 Å². The normalized spacial score (nSPS) is 12.2. The van der Waals surface area contributed by atoms with Crippen LogP contribution in [0.3, 0.4) is 0 Å². The number of aromatic amines is 1. The number of carbonyl (C=O) groups is 2. The maximum absolute atomic E-state index is 12.0. The zero-order valence-corrected chi connectivity index (χ0v) is 14.6. The fraction of sp³-hybridized carbons (Fsp3) is 0.471. The van der Waals surface area contributed by atoms with Crippen LogP contribution in [0.5, 0.6) is 0 Å². The summed E-state index contributed by atoms with van der Waals surface area (Å²) in [4.78, 5) is 31.3. The molecule has 0 radical (unpaired) electrons. The summed E-state index contributed by atoms with van der Waals surface area (Å²) in [7, 11) is 0. The molecule has 2 rings (SSSR count). The average Bonchev–Trinajstić information content (AvgIpc) is 2.92. The number of aryl methyl sites for hydroxylation is 1. The number of urea groups is 1. The van der Waals surface area contributed by atoms with Gasteiger partial charge in [-0.25, -0.2) is 9.78 Å². The van der Waals surface area contributed by atoms with E-state index < -0.39 is 6.03 Å². The lowest BCUT2D eigenvalue weighted by atomic mass is 10.2. The van der Waals surface area contributed by atoms with Crippen LogP contribution in [0.25, 0.3) is 11.0 Å². The van der Waals surface area contributed by atoms with Gasteiger partial charge in [0.25, 0.3) is 0 Å². The maximum Gasteiger partial charge on any atom is 0.315 e. The fourth-order valence-corrected chi connectivity index (χ4v) is 2.41. The molecule has 1 aromatic carbocycles. The molecule has 7 heteroatoms. The van der Waals surface area contributed by atoms with Gasteiger partial charge in [0.2, 0.25) is 5.91 Å². The topological polar surface area (TPSA) is 98.9 Å². The van der Waals surface area contributed by atoms with Crippen molar-refractivity contribution in [1.82, 2.24) is 25.9 Å². The van der Waals surface area contributed by atoms with Crippen LogP contribution in [0.1, 0.15) is 44.6 Å². The van der Waals surface area contributed by atoms with Crippen molar-refractivity contribution in [3.8, 4) is 0 Å². The Morgan fingerprint density at radius 3 is 2.67 bits per heavy atom. The van der Waals surface area contributed by atoms with Gasteiger partial charge < -0.3 is 20.9 Å². The minimum atomic E-state index is -0.391. The Morgan fingerprint density at radius 2 is 2.00 bits per heavy atom. The molecule has 0 bridgehead atoms. The highest BCUT2D eigenvalue weighted by molar-refractivity contribution is 5.84. The third kappa shape index (κ3) is 4.71. The van der Waals surface area contributed by atoms with Crippen molar-refractivity contribution >= 4 is 23.0 Å². The first-order valence-corrected chi connectivity index (χ1v) is 8.19. The van der Waals surface area contributed by atoms with Crippen molar-refractivity contribution in [3.05, 3.63) is 29.6 Å². The van der Waals surface area contributed by atoms with Crippen LogP contribution in [-0.2, 0) is 4.79 Å². The van der Waals surface area contributed by atoms with Crippen LogP contribution in [0.2, 0.25) is 0 Å². The number of nitrogens with zero attached hydrogens (tertiary/aromatic N) is 1. The lowest BCUT2D eigenvalue weighted by Gasteiger charge is -2.15. The number of H-pyrrole nitrogens is 1. The van der Waals surface area contributed by atoms with Gasteiger partial charge in [-0.1, -0.05) is 13.0 Å². The van der Waals surface area contributed by atoms with Gasteiger partial charge in [-0.05, 0) is 44.9 Å². The second-order valence-corrected chi connectivity index (χ2v) is 6.15. The van der Waals surface area contributed by atoms with Crippen molar-refractivity contribution in [3.63, 3.8) is 0 Å². The van der Waals surface area contributed by atoms with E-state index in [0.29, 0.717) is 12.2 Å². The van der Waals surface area contributed by atoms with Crippen LogP contribution < -0.4 is 16.0 Å². The summed E-state index contributed by atoms with van der Waals surface area (Å²) in [6.07, 6.45) is 0.685. The lowest BCUT2D eigenvalue weighted by Crippen LogP contribution is -2.44. The molecule has 1 aromatic heterocycles. The summed E-state index contributed by atoms with van der Waals surface area (Å²) in [6, 6.07) is 5.39. The number of fused-ring (bicyclic) bond motifs is 1. The summed E-state index contributed by atoms with van der Waals surface area (Å²) in [5.41, 5.74) is 2.96. The Hall–Kier alpha value is -2.57. The molecule has 0 aliphatic rings. The Bertz CT molecular complexity index is 723. The summed E-state index contributed by atoms with van der Waals surface area (Å²) >= 11 is 0. The number of hydrogen-bond acceptors (Lipinski definition) is 3. The van der Waals surface area contributed by atoms with Crippen LogP contribution in [-0.4, -0.2) is 34.5 Å². The van der Waals surface area contributed by atoms with E-state index in [4.69, 9.17) is 0 Å². The first kappa shape index (κ1) is 17.8. The van der Waals surface area contributed by atoms with Crippen molar-refractivity contribution in [1.29, 1.82) is 0 Å². The van der Waals surface area contributed by atoms with E-state index in [1.54, 1.807) is 0 Å². The molecule has 2 aromatic rings. The van der Waals surface area contributed by atoms with Gasteiger partial charge in [0.05, 0.1) is 23.6 Å². The Morgan fingerprint density at radius 1 is 1.25 bits per heavy atom. The Labute approximate surface area is 141 Å². The number of imidazole rings is 1. The molecular formula is C17H25N5O2. The van der Waals surface area contributed by atoms with Crippen molar-refractivity contribution in [2.24, 2.45) is 0 Å². The third-order valence-corrected chi connectivity index (χ3v) is 3.56. The van der Waals surface area contributed by atoms with Gasteiger partial charge in [0, 0.05) is 6.04 Å². The Kier molecular flexibility index (Phi) is 5.78. The molecule has 0 aliphatic carbocycles. The van der Waals surface area contributed by atoms with E-state index >= 15 is 0 Å². The molecule has 0 aliphatic heterocycles. The van der Waals surface area contributed by atoms with Crippen LogP contribution in [0, 0.1) is 6.92 Å². The number of amides is 3. The van der Waals surface area contributed by atoms with E-state index in [-0.39, 0.29) is 24.5 Å². The molecule has 0 fully saturated rings. The molecule has 1 heterocycles. The molecule has 1 atom stereocenters. The SMILES string of the molecule is CCC(NC(=O)NCC(=O)NC(C)C)c1nc2ccc(C)cc2[nH]1. The highest BCUT2D eigenvalue weighted by Gasteiger charge is 2.17. The zero-order chi connectivity index (χ0) is 17.7. The summed E-state index contributed by atoms with van der Waals surface area (Å²) in [5, 5.41) is 8.13. The van der Waals surface area contributed by atoms with Crippen LogP contribution in [0.4, 0.5) is 4.79 Å². The number of carbonyl (C=O) groups excluding carboxylic acids is 2. The standard InChI is InChI=1S/C17H25N5O2/c1-5-12(22-17(24)18-9-15(23)19-10(2)3)16-20-13-7-6-11(4)8-14(13)21-16/h6-8,10,12H,5,9H2,1-4H3,(H,19,23)(H,20,21)(H2,18,22,24). The molecule has 24 heavy (non-hydrogen) atoms. The summed E-state index contributed by atoms with van der Waals surface area (Å²) in [5.74, 6) is 0.493. The highest BCUT2D eigenvalue weighted by atomic mass is 16.2.